The lowest BCUT2D eigenvalue weighted by molar-refractivity contribution is -0.134. The lowest BCUT2D eigenvalue weighted by Gasteiger charge is -2.40. The number of aromatic nitrogens is 2. The molecular formula is C26H36IN7O3. The van der Waals surface area contributed by atoms with Gasteiger partial charge in [-0.05, 0) is 88.3 Å². The first-order valence-electron chi connectivity index (χ1n) is 12.6. The van der Waals surface area contributed by atoms with Crippen molar-refractivity contribution in [1.29, 1.82) is 0 Å². The minimum Gasteiger partial charge on any atom is -0.444 e. The van der Waals surface area contributed by atoms with Crippen molar-refractivity contribution in [2.45, 2.75) is 71.1 Å². The number of aliphatic imine (C=N–C) groups is 1. The second-order valence-electron chi connectivity index (χ2n) is 10.8. The molecule has 2 fully saturated rings. The number of amides is 2. The number of hydrogen-bond acceptors (Lipinski definition) is 6. The number of anilines is 2. The van der Waals surface area contributed by atoms with Gasteiger partial charge in [-0.2, -0.15) is 5.10 Å². The van der Waals surface area contributed by atoms with Crippen LogP contribution in [0.3, 0.4) is 0 Å². The molecular weight excluding hydrogens is 585 g/mol. The van der Waals surface area contributed by atoms with E-state index in [-0.39, 0.29) is 18.0 Å². The van der Waals surface area contributed by atoms with Crippen molar-refractivity contribution in [3.8, 4) is 0 Å². The SMILES string of the molecule is CC(N=C(Nc1cc(C2CC2)[nH]n1)c1cc(I)ccc1N)C(=O)N1CCN(C(=O)OC(C)(C)C)[C@H](C)C1. The average Bonchev–Trinajstić information content (AvgIpc) is 3.57. The number of nitrogens with zero attached hydrogens (tertiary/aromatic N) is 4. The van der Waals surface area contributed by atoms with Crippen molar-refractivity contribution in [2.75, 3.05) is 30.7 Å². The van der Waals surface area contributed by atoms with Gasteiger partial charge in [0, 0.05) is 58.2 Å². The Labute approximate surface area is 231 Å². The molecule has 1 aliphatic heterocycles. The number of ether oxygens (including phenoxy) is 1. The van der Waals surface area contributed by atoms with Crippen LogP contribution in [0.25, 0.3) is 0 Å². The Hall–Kier alpha value is -2.83. The van der Waals surface area contributed by atoms with E-state index in [9.17, 15) is 9.59 Å². The van der Waals surface area contributed by atoms with Gasteiger partial charge in [0.2, 0.25) is 5.91 Å². The molecule has 1 aromatic carbocycles. The summed E-state index contributed by atoms with van der Waals surface area (Å²) >= 11 is 2.23. The van der Waals surface area contributed by atoms with Gasteiger partial charge >= 0.3 is 6.09 Å². The molecule has 1 saturated heterocycles. The van der Waals surface area contributed by atoms with E-state index in [2.05, 4.69) is 38.1 Å². The molecule has 4 N–H and O–H groups in total. The number of nitrogens with two attached hydrogens (primary N) is 1. The first-order chi connectivity index (χ1) is 17.4. The van der Waals surface area contributed by atoms with Gasteiger partial charge in [-0.1, -0.05) is 0 Å². The molecule has 1 unspecified atom stereocenters. The smallest absolute Gasteiger partial charge is 0.410 e. The summed E-state index contributed by atoms with van der Waals surface area (Å²) in [5.74, 6) is 1.55. The number of H-pyrrole nitrogens is 1. The van der Waals surface area contributed by atoms with Crippen LogP contribution >= 0.6 is 22.6 Å². The monoisotopic (exact) mass is 621 g/mol. The topological polar surface area (TPSA) is 129 Å². The number of hydrogen-bond donors (Lipinski definition) is 3. The van der Waals surface area contributed by atoms with Gasteiger partial charge in [0.1, 0.15) is 17.5 Å². The Morgan fingerprint density at radius 3 is 2.65 bits per heavy atom. The van der Waals surface area contributed by atoms with E-state index in [4.69, 9.17) is 15.5 Å². The summed E-state index contributed by atoms with van der Waals surface area (Å²) < 4.78 is 6.53. The molecule has 4 rings (SSSR count). The molecule has 1 aromatic heterocycles. The third-order valence-corrected chi connectivity index (χ3v) is 7.05. The van der Waals surface area contributed by atoms with Gasteiger partial charge in [-0.3, -0.25) is 14.9 Å². The van der Waals surface area contributed by atoms with E-state index in [1.807, 2.05) is 52.0 Å². The van der Waals surface area contributed by atoms with Gasteiger partial charge < -0.3 is 25.6 Å². The standard InChI is InChI=1S/C26H36IN7O3/c1-15-14-33(10-11-34(15)25(36)37-26(3,4)5)24(35)16(2)29-23(19-12-18(27)8-9-20(19)28)30-22-13-21(31-32-22)17-6-7-17/h8-9,12-13,15-17H,6-7,10-11,14,28H2,1-5H3,(H2,29,30,31,32)/t15-,16?/m1/s1. The van der Waals surface area contributed by atoms with E-state index in [0.717, 1.165) is 22.1 Å². The Morgan fingerprint density at radius 2 is 2.00 bits per heavy atom. The van der Waals surface area contributed by atoms with E-state index in [0.29, 0.717) is 48.5 Å². The number of halogens is 1. The van der Waals surface area contributed by atoms with Crippen LogP contribution < -0.4 is 11.1 Å². The van der Waals surface area contributed by atoms with Crippen LogP contribution in [0.1, 0.15) is 64.6 Å². The lowest BCUT2D eigenvalue weighted by atomic mass is 10.1. The second-order valence-corrected chi connectivity index (χ2v) is 12.0. The highest BCUT2D eigenvalue weighted by Gasteiger charge is 2.34. The Balaban J connectivity index is 1.51. The van der Waals surface area contributed by atoms with Crippen molar-refractivity contribution >= 4 is 51.9 Å². The molecule has 2 atom stereocenters. The number of amidine groups is 1. The fourth-order valence-corrected chi connectivity index (χ4v) is 4.78. The number of piperazine rings is 1. The minimum atomic E-state index is -0.665. The molecule has 0 spiro atoms. The van der Waals surface area contributed by atoms with E-state index in [1.165, 1.54) is 0 Å². The van der Waals surface area contributed by atoms with Crippen LogP contribution in [0.15, 0.2) is 29.3 Å². The molecule has 1 aliphatic carbocycles. The van der Waals surface area contributed by atoms with Gasteiger partial charge in [0.25, 0.3) is 0 Å². The van der Waals surface area contributed by atoms with Gasteiger partial charge in [-0.25, -0.2) is 4.79 Å². The van der Waals surface area contributed by atoms with Crippen LogP contribution in [0.4, 0.5) is 16.3 Å². The number of rotatable bonds is 5. The molecule has 37 heavy (non-hydrogen) atoms. The molecule has 2 aromatic rings. The van der Waals surface area contributed by atoms with E-state index in [1.54, 1.807) is 16.7 Å². The van der Waals surface area contributed by atoms with Crippen molar-refractivity contribution in [3.05, 3.63) is 39.1 Å². The summed E-state index contributed by atoms with van der Waals surface area (Å²) in [5.41, 5.74) is 8.11. The zero-order valence-electron chi connectivity index (χ0n) is 22.0. The van der Waals surface area contributed by atoms with Crippen LogP contribution in [0.5, 0.6) is 0 Å². The fourth-order valence-electron chi connectivity index (χ4n) is 4.29. The van der Waals surface area contributed by atoms with Gasteiger partial charge in [-0.15, -0.1) is 0 Å². The first kappa shape index (κ1) is 27.2. The molecule has 2 amide bonds. The molecule has 2 heterocycles. The summed E-state index contributed by atoms with van der Waals surface area (Å²) in [6.45, 7) is 10.5. The Morgan fingerprint density at radius 1 is 1.27 bits per heavy atom. The average molecular weight is 622 g/mol. The summed E-state index contributed by atoms with van der Waals surface area (Å²) in [7, 11) is 0. The molecule has 1 saturated carbocycles. The molecule has 11 heteroatoms. The summed E-state index contributed by atoms with van der Waals surface area (Å²) in [6.07, 6.45) is 1.97. The molecule has 2 aliphatic rings. The maximum absolute atomic E-state index is 13.4. The van der Waals surface area contributed by atoms with Crippen molar-refractivity contribution in [2.24, 2.45) is 4.99 Å². The zero-order valence-corrected chi connectivity index (χ0v) is 24.2. The highest BCUT2D eigenvalue weighted by molar-refractivity contribution is 14.1. The van der Waals surface area contributed by atoms with Gasteiger partial charge in [0.15, 0.2) is 5.82 Å². The number of nitrogen functional groups attached to an aromatic ring is 1. The number of benzene rings is 1. The molecule has 0 radical (unpaired) electrons. The first-order valence-corrected chi connectivity index (χ1v) is 13.7. The Bertz CT molecular complexity index is 1190. The largest absolute Gasteiger partial charge is 0.444 e. The lowest BCUT2D eigenvalue weighted by Crippen LogP contribution is -2.57. The van der Waals surface area contributed by atoms with Crippen LogP contribution in [0.2, 0.25) is 0 Å². The number of nitrogens with one attached hydrogen (secondary N) is 2. The van der Waals surface area contributed by atoms with E-state index >= 15 is 0 Å². The summed E-state index contributed by atoms with van der Waals surface area (Å²) in [6, 6.07) is 6.85. The molecule has 10 nitrogen and oxygen atoms in total. The van der Waals surface area contributed by atoms with Crippen molar-refractivity contribution < 1.29 is 14.3 Å². The van der Waals surface area contributed by atoms with Crippen molar-refractivity contribution in [3.63, 3.8) is 0 Å². The van der Waals surface area contributed by atoms with Crippen LogP contribution in [-0.4, -0.2) is 75.2 Å². The maximum atomic E-state index is 13.4. The van der Waals surface area contributed by atoms with Gasteiger partial charge in [0.05, 0.1) is 0 Å². The highest BCUT2D eigenvalue weighted by atomic mass is 127. The molecule has 0 bridgehead atoms. The number of carbonyl (C=O) groups excluding carboxylic acids is 2. The normalized spacial score (nSPS) is 19.5. The zero-order chi connectivity index (χ0) is 26.9. The predicted octanol–water partition coefficient (Wildman–Crippen LogP) is 4.19. The number of aromatic amines is 1. The quantitative estimate of drug-likeness (QED) is 0.199. The van der Waals surface area contributed by atoms with E-state index < -0.39 is 11.6 Å². The fraction of sp³-hybridized carbons (Fsp3) is 0.538. The summed E-state index contributed by atoms with van der Waals surface area (Å²) in [5, 5.41) is 10.8. The highest BCUT2D eigenvalue weighted by Crippen LogP contribution is 2.39. The molecule has 200 valence electrons. The van der Waals surface area contributed by atoms with Crippen molar-refractivity contribution in [1.82, 2.24) is 20.0 Å². The third-order valence-electron chi connectivity index (χ3n) is 6.38. The van der Waals surface area contributed by atoms with Crippen LogP contribution in [-0.2, 0) is 9.53 Å². The Kier molecular flexibility index (Phi) is 8.00. The summed E-state index contributed by atoms with van der Waals surface area (Å²) in [4.78, 5) is 34.2. The second kappa shape index (κ2) is 10.9. The maximum Gasteiger partial charge on any atom is 0.410 e. The van der Waals surface area contributed by atoms with Crippen LogP contribution in [0, 0.1) is 3.57 Å². The predicted molar refractivity (Wildman–Crippen MR) is 153 cm³/mol. The number of carbonyl (C=O) groups is 2. The minimum absolute atomic E-state index is 0.111. The third kappa shape index (κ3) is 6.93.